The number of aliphatic hydroxyl groups is 1. The predicted octanol–water partition coefficient (Wildman–Crippen LogP) is 2.64. The molecule has 1 aliphatic heterocycles. The molecular formula is C20H29N3O2. The van der Waals surface area contributed by atoms with Crippen LogP contribution in [0.4, 0.5) is 5.69 Å². The molecule has 1 aromatic rings. The van der Waals surface area contributed by atoms with Crippen molar-refractivity contribution >= 4 is 11.6 Å². The molecule has 1 aromatic carbocycles. The number of hydrogen-bond donors (Lipinski definition) is 1. The lowest BCUT2D eigenvalue weighted by molar-refractivity contribution is -0.124. The first-order valence-electron chi connectivity index (χ1n) is 9.07. The first kappa shape index (κ1) is 19.4. The van der Waals surface area contributed by atoms with Crippen molar-refractivity contribution in [3.63, 3.8) is 0 Å². The number of aliphatic hydroxyl groups excluding tert-OH is 1. The van der Waals surface area contributed by atoms with Crippen LogP contribution < -0.4 is 4.90 Å². The molecule has 1 amide bonds. The van der Waals surface area contributed by atoms with Crippen molar-refractivity contribution in [1.82, 2.24) is 4.90 Å². The van der Waals surface area contributed by atoms with Crippen LogP contribution in [-0.4, -0.2) is 48.2 Å². The molecule has 2 atom stereocenters. The van der Waals surface area contributed by atoms with Crippen LogP contribution in [-0.2, 0) is 4.79 Å². The Hall–Kier alpha value is -1.90. The van der Waals surface area contributed by atoms with E-state index in [0.717, 1.165) is 42.7 Å². The molecule has 2 unspecified atom stereocenters. The van der Waals surface area contributed by atoms with Crippen molar-refractivity contribution in [2.24, 2.45) is 5.92 Å². The molecule has 2 rings (SSSR count). The normalized spacial score (nSPS) is 19.2. The van der Waals surface area contributed by atoms with Crippen LogP contribution in [0.25, 0.3) is 0 Å². The summed E-state index contributed by atoms with van der Waals surface area (Å²) in [5.74, 6) is 0.275. The van der Waals surface area contributed by atoms with Gasteiger partial charge < -0.3 is 10.0 Å². The minimum absolute atomic E-state index is 0.0267. The van der Waals surface area contributed by atoms with Gasteiger partial charge in [-0.25, -0.2) is 0 Å². The highest BCUT2D eigenvalue weighted by molar-refractivity contribution is 5.97. The summed E-state index contributed by atoms with van der Waals surface area (Å²) in [4.78, 5) is 17.1. The first-order chi connectivity index (χ1) is 12.0. The Bertz CT molecular complexity index is 618. The van der Waals surface area contributed by atoms with Gasteiger partial charge in [0.25, 0.3) is 0 Å². The van der Waals surface area contributed by atoms with Gasteiger partial charge in [0, 0.05) is 25.4 Å². The molecular weight excluding hydrogens is 314 g/mol. The summed E-state index contributed by atoms with van der Waals surface area (Å²) in [7, 11) is 0. The van der Waals surface area contributed by atoms with Crippen molar-refractivity contribution in [2.45, 2.75) is 46.1 Å². The number of likely N-dealkylation sites (tertiary alicyclic amines) is 1. The Morgan fingerprint density at radius 1 is 1.40 bits per heavy atom. The third-order valence-electron chi connectivity index (χ3n) is 4.95. The number of aryl methyl sites for hydroxylation is 2. The number of anilines is 1. The van der Waals surface area contributed by atoms with Gasteiger partial charge in [-0.3, -0.25) is 9.69 Å². The van der Waals surface area contributed by atoms with E-state index < -0.39 is 0 Å². The van der Waals surface area contributed by atoms with Crippen LogP contribution in [0.3, 0.4) is 0 Å². The van der Waals surface area contributed by atoms with E-state index >= 15 is 0 Å². The molecule has 0 aliphatic carbocycles. The Balaban J connectivity index is 2.21. The maximum absolute atomic E-state index is 13.2. The number of nitriles is 1. The van der Waals surface area contributed by atoms with Crippen LogP contribution in [0, 0.1) is 31.1 Å². The number of carbonyl (C=O) groups is 1. The Kier molecular flexibility index (Phi) is 6.98. The highest BCUT2D eigenvalue weighted by Crippen LogP contribution is 2.23. The molecule has 5 nitrogen and oxygen atoms in total. The third-order valence-corrected chi connectivity index (χ3v) is 4.95. The Morgan fingerprint density at radius 3 is 2.68 bits per heavy atom. The number of benzene rings is 1. The van der Waals surface area contributed by atoms with Crippen LogP contribution in [0.1, 0.15) is 37.3 Å². The second-order valence-electron chi connectivity index (χ2n) is 7.11. The number of piperidine rings is 1. The van der Waals surface area contributed by atoms with Crippen LogP contribution >= 0.6 is 0 Å². The molecule has 0 spiro atoms. The van der Waals surface area contributed by atoms with Crippen molar-refractivity contribution in [1.29, 1.82) is 5.26 Å². The summed E-state index contributed by atoms with van der Waals surface area (Å²) in [6.45, 7) is 8.17. The second-order valence-corrected chi connectivity index (χ2v) is 7.11. The van der Waals surface area contributed by atoms with Crippen molar-refractivity contribution in [3.05, 3.63) is 29.3 Å². The number of nitrogens with zero attached hydrogens (tertiary/aromatic N) is 3. The number of rotatable bonds is 6. The topological polar surface area (TPSA) is 67.6 Å². The second kappa shape index (κ2) is 8.98. The van der Waals surface area contributed by atoms with Gasteiger partial charge in [0.2, 0.25) is 5.91 Å². The molecule has 0 saturated carbocycles. The average Bonchev–Trinajstić information content (AvgIpc) is 2.60. The van der Waals surface area contributed by atoms with Crippen molar-refractivity contribution in [3.8, 4) is 6.07 Å². The third kappa shape index (κ3) is 5.04. The van der Waals surface area contributed by atoms with Gasteiger partial charge in [0.05, 0.1) is 18.5 Å². The van der Waals surface area contributed by atoms with Crippen LogP contribution in [0.5, 0.6) is 0 Å². The molecule has 25 heavy (non-hydrogen) atoms. The first-order valence-corrected chi connectivity index (χ1v) is 9.07. The zero-order valence-electron chi connectivity index (χ0n) is 15.5. The zero-order valence-corrected chi connectivity index (χ0v) is 15.5. The number of hydrogen-bond acceptors (Lipinski definition) is 4. The molecule has 1 heterocycles. The molecule has 136 valence electrons. The lowest BCUT2D eigenvalue weighted by Gasteiger charge is -2.37. The zero-order chi connectivity index (χ0) is 18.4. The molecule has 1 saturated heterocycles. The van der Waals surface area contributed by atoms with E-state index in [9.17, 15) is 9.90 Å². The minimum atomic E-state index is -0.256. The van der Waals surface area contributed by atoms with E-state index in [1.807, 2.05) is 32.9 Å². The predicted molar refractivity (Wildman–Crippen MR) is 99.3 cm³/mol. The fraction of sp³-hybridized carbons (Fsp3) is 0.600. The molecule has 1 N–H and O–H groups in total. The summed E-state index contributed by atoms with van der Waals surface area (Å²) in [5.41, 5.74) is 3.08. The smallest absolute Gasteiger partial charge is 0.244 e. The maximum atomic E-state index is 13.2. The van der Waals surface area contributed by atoms with Gasteiger partial charge in [-0.2, -0.15) is 5.26 Å². The Labute approximate surface area is 150 Å². The van der Waals surface area contributed by atoms with Crippen LogP contribution in [0.15, 0.2) is 18.2 Å². The average molecular weight is 343 g/mol. The van der Waals surface area contributed by atoms with E-state index in [1.165, 1.54) is 0 Å². The standard InChI is InChI=1S/C20H29N3O2/c1-15-10-16(2)12-19(11-15)23(9-5-7-21)20(25)17(3)22-8-4-6-18(13-22)14-24/h10-12,17-18,24H,4-6,8-9,13-14H2,1-3H3. The maximum Gasteiger partial charge on any atom is 0.244 e. The molecule has 0 aromatic heterocycles. The van der Waals surface area contributed by atoms with Gasteiger partial charge in [-0.1, -0.05) is 6.07 Å². The summed E-state index contributed by atoms with van der Waals surface area (Å²) in [5, 5.41) is 18.4. The molecule has 0 bridgehead atoms. The summed E-state index contributed by atoms with van der Waals surface area (Å²) in [6.07, 6.45) is 2.33. The number of carbonyl (C=O) groups excluding carboxylic acids is 1. The lowest BCUT2D eigenvalue weighted by atomic mass is 9.97. The van der Waals surface area contributed by atoms with E-state index in [0.29, 0.717) is 13.0 Å². The molecule has 0 radical (unpaired) electrons. The molecule has 1 aliphatic rings. The SMILES string of the molecule is Cc1cc(C)cc(N(CCC#N)C(=O)C(C)N2CCCC(CO)C2)c1. The lowest BCUT2D eigenvalue weighted by Crippen LogP contribution is -2.51. The van der Waals surface area contributed by atoms with Crippen molar-refractivity contribution in [2.75, 3.05) is 31.1 Å². The summed E-state index contributed by atoms with van der Waals surface area (Å²) in [6, 6.07) is 7.97. The van der Waals surface area contributed by atoms with E-state index in [4.69, 9.17) is 5.26 Å². The summed E-state index contributed by atoms with van der Waals surface area (Å²) >= 11 is 0. The minimum Gasteiger partial charge on any atom is -0.396 e. The molecule has 5 heteroatoms. The van der Waals surface area contributed by atoms with Crippen molar-refractivity contribution < 1.29 is 9.90 Å². The van der Waals surface area contributed by atoms with Gasteiger partial charge in [-0.05, 0) is 69.3 Å². The number of amides is 1. The highest BCUT2D eigenvalue weighted by atomic mass is 16.3. The van der Waals surface area contributed by atoms with Crippen LogP contribution in [0.2, 0.25) is 0 Å². The van der Waals surface area contributed by atoms with E-state index in [2.05, 4.69) is 17.0 Å². The highest BCUT2D eigenvalue weighted by Gasteiger charge is 2.30. The largest absolute Gasteiger partial charge is 0.396 e. The summed E-state index contributed by atoms with van der Waals surface area (Å²) < 4.78 is 0. The van der Waals surface area contributed by atoms with Gasteiger partial charge in [0.1, 0.15) is 0 Å². The van der Waals surface area contributed by atoms with E-state index in [1.54, 1.807) is 4.90 Å². The quantitative estimate of drug-likeness (QED) is 0.862. The monoisotopic (exact) mass is 343 g/mol. The van der Waals surface area contributed by atoms with E-state index in [-0.39, 0.29) is 24.5 Å². The Morgan fingerprint density at radius 2 is 2.08 bits per heavy atom. The van der Waals surface area contributed by atoms with Gasteiger partial charge >= 0.3 is 0 Å². The fourth-order valence-corrected chi connectivity index (χ4v) is 3.61. The van der Waals surface area contributed by atoms with Gasteiger partial charge in [-0.15, -0.1) is 0 Å². The van der Waals surface area contributed by atoms with Gasteiger partial charge in [0.15, 0.2) is 0 Å². The fourth-order valence-electron chi connectivity index (χ4n) is 3.61. The molecule has 1 fully saturated rings.